The molecule has 2 aliphatic rings. The Bertz CT molecular complexity index is 1440. The predicted octanol–water partition coefficient (Wildman–Crippen LogP) is 4.99. The summed E-state index contributed by atoms with van der Waals surface area (Å²) in [6.07, 6.45) is 5.11. The lowest BCUT2D eigenvalue weighted by Crippen LogP contribution is -2.26. The van der Waals surface area contributed by atoms with Crippen molar-refractivity contribution in [3.63, 3.8) is 0 Å². The number of nitrogens with zero attached hydrogens (tertiary/aromatic N) is 4. The summed E-state index contributed by atoms with van der Waals surface area (Å²) < 4.78 is 13.0. The number of thiophene rings is 1. The Morgan fingerprint density at radius 2 is 2.06 bits per heavy atom. The molecular weight excluding hydrogens is 482 g/mol. The zero-order chi connectivity index (χ0) is 24.2. The fourth-order valence-electron chi connectivity index (χ4n) is 4.84. The lowest BCUT2D eigenvalue weighted by Gasteiger charge is -2.33. The molecule has 1 aromatic carbocycles. The Hall–Kier alpha value is -2.85. The van der Waals surface area contributed by atoms with Gasteiger partial charge in [0, 0.05) is 16.6 Å². The molecule has 0 fully saturated rings. The van der Waals surface area contributed by atoms with Gasteiger partial charge in [-0.2, -0.15) is 0 Å². The number of carbonyl (C=O) groups excluding carboxylic acids is 1. The standard InChI is InChI=1S/C25H27N5O3S2/c1-25(2,3)14-4-6-16-19(10-14)35-23-21(16)22-28-29-24(30(22)13-26-23)34-12-20(31)27-15-5-7-17-18(11-15)33-9-8-32-17/h5,7,11,13-14H,4,6,8-10,12H2,1-3H3,(H,27,31)/t14-/m1/s1. The van der Waals surface area contributed by atoms with Crippen molar-refractivity contribution in [2.45, 2.75) is 45.2 Å². The van der Waals surface area contributed by atoms with Crippen LogP contribution in [0.15, 0.2) is 29.7 Å². The van der Waals surface area contributed by atoms with Crippen LogP contribution in [-0.2, 0) is 17.6 Å². The molecular formula is C25H27N5O3S2. The predicted molar refractivity (Wildman–Crippen MR) is 138 cm³/mol. The first-order valence-electron chi connectivity index (χ1n) is 11.8. The van der Waals surface area contributed by atoms with Gasteiger partial charge in [-0.3, -0.25) is 9.20 Å². The molecule has 0 radical (unpaired) electrons. The van der Waals surface area contributed by atoms with Crippen molar-refractivity contribution in [1.82, 2.24) is 19.6 Å². The smallest absolute Gasteiger partial charge is 0.234 e. The number of aromatic nitrogens is 4. The van der Waals surface area contributed by atoms with Crippen molar-refractivity contribution in [2.24, 2.45) is 11.3 Å². The van der Waals surface area contributed by atoms with Crippen molar-refractivity contribution in [3.05, 3.63) is 35.0 Å². The monoisotopic (exact) mass is 509 g/mol. The van der Waals surface area contributed by atoms with E-state index in [4.69, 9.17) is 14.5 Å². The number of thioether (sulfide) groups is 1. The van der Waals surface area contributed by atoms with E-state index in [-0.39, 0.29) is 11.7 Å². The molecule has 4 heterocycles. The van der Waals surface area contributed by atoms with E-state index < -0.39 is 0 Å². The molecule has 1 N–H and O–H groups in total. The van der Waals surface area contributed by atoms with Gasteiger partial charge in [-0.15, -0.1) is 21.5 Å². The maximum absolute atomic E-state index is 12.6. The minimum atomic E-state index is -0.126. The number of hydrogen-bond donors (Lipinski definition) is 1. The molecule has 0 unspecified atom stereocenters. The highest BCUT2D eigenvalue weighted by molar-refractivity contribution is 7.99. The zero-order valence-corrected chi connectivity index (χ0v) is 21.6. The summed E-state index contributed by atoms with van der Waals surface area (Å²) in [7, 11) is 0. The summed E-state index contributed by atoms with van der Waals surface area (Å²) >= 11 is 3.14. The number of benzene rings is 1. The van der Waals surface area contributed by atoms with E-state index in [1.807, 2.05) is 16.5 Å². The Labute approximate surface area is 211 Å². The van der Waals surface area contributed by atoms with E-state index in [1.54, 1.807) is 23.7 Å². The molecule has 1 aliphatic carbocycles. The number of carbonyl (C=O) groups is 1. The van der Waals surface area contributed by atoms with Crippen molar-refractivity contribution in [1.29, 1.82) is 0 Å². The molecule has 1 atom stereocenters. The van der Waals surface area contributed by atoms with Crippen LogP contribution in [0.5, 0.6) is 11.5 Å². The highest BCUT2D eigenvalue weighted by Gasteiger charge is 2.32. The van der Waals surface area contributed by atoms with E-state index in [1.165, 1.54) is 28.6 Å². The highest BCUT2D eigenvalue weighted by atomic mass is 32.2. The quantitative estimate of drug-likeness (QED) is 0.388. The number of ether oxygens (including phenoxy) is 2. The molecule has 0 spiro atoms. The molecule has 6 rings (SSSR count). The van der Waals surface area contributed by atoms with E-state index in [2.05, 4.69) is 36.3 Å². The summed E-state index contributed by atoms with van der Waals surface area (Å²) in [5.74, 6) is 2.10. The topological polar surface area (TPSA) is 90.6 Å². The number of rotatable bonds is 4. The van der Waals surface area contributed by atoms with E-state index in [9.17, 15) is 4.79 Å². The lowest BCUT2D eigenvalue weighted by atomic mass is 9.72. The van der Waals surface area contributed by atoms with Gasteiger partial charge in [0.25, 0.3) is 0 Å². The van der Waals surface area contributed by atoms with Crippen LogP contribution in [0.3, 0.4) is 0 Å². The third-order valence-electron chi connectivity index (χ3n) is 6.81. The van der Waals surface area contributed by atoms with Crippen LogP contribution in [0.2, 0.25) is 0 Å². The number of fused-ring (bicyclic) bond motifs is 6. The molecule has 3 aromatic heterocycles. The lowest BCUT2D eigenvalue weighted by molar-refractivity contribution is -0.113. The SMILES string of the molecule is CC(C)(C)[C@@H]1CCc2c(sc3ncn4c(SCC(=O)Nc5ccc6c(c5)OCCO6)nnc4c23)C1. The van der Waals surface area contributed by atoms with Crippen LogP contribution in [0.1, 0.15) is 37.6 Å². The second-order valence-corrected chi connectivity index (χ2v) is 12.1. The van der Waals surface area contributed by atoms with Gasteiger partial charge in [-0.25, -0.2) is 4.98 Å². The third-order valence-corrected chi connectivity index (χ3v) is 8.91. The third kappa shape index (κ3) is 4.23. The summed E-state index contributed by atoms with van der Waals surface area (Å²) in [6, 6.07) is 5.41. The van der Waals surface area contributed by atoms with Gasteiger partial charge in [0.05, 0.1) is 11.1 Å². The largest absolute Gasteiger partial charge is 0.486 e. The van der Waals surface area contributed by atoms with Gasteiger partial charge >= 0.3 is 0 Å². The summed E-state index contributed by atoms with van der Waals surface area (Å²) in [5.41, 5.74) is 3.18. The summed E-state index contributed by atoms with van der Waals surface area (Å²) in [4.78, 5) is 19.8. The summed E-state index contributed by atoms with van der Waals surface area (Å²) in [6.45, 7) is 8.04. The van der Waals surface area contributed by atoms with Gasteiger partial charge in [-0.1, -0.05) is 32.5 Å². The Balaban J connectivity index is 1.19. The van der Waals surface area contributed by atoms with Crippen LogP contribution < -0.4 is 14.8 Å². The average molecular weight is 510 g/mol. The molecule has 182 valence electrons. The number of amides is 1. The van der Waals surface area contributed by atoms with Gasteiger partial charge in [0.2, 0.25) is 5.91 Å². The average Bonchev–Trinajstić information content (AvgIpc) is 3.42. The molecule has 1 amide bonds. The Kier molecular flexibility index (Phi) is 5.60. The first-order valence-corrected chi connectivity index (χ1v) is 13.6. The first kappa shape index (κ1) is 22.6. The second-order valence-electron chi connectivity index (χ2n) is 10.1. The van der Waals surface area contributed by atoms with Crippen LogP contribution >= 0.6 is 23.1 Å². The van der Waals surface area contributed by atoms with Crippen molar-refractivity contribution < 1.29 is 14.3 Å². The van der Waals surface area contributed by atoms with Crippen LogP contribution in [-0.4, -0.2) is 44.5 Å². The minimum Gasteiger partial charge on any atom is -0.486 e. The minimum absolute atomic E-state index is 0.126. The van der Waals surface area contributed by atoms with Crippen molar-refractivity contribution >= 4 is 50.6 Å². The van der Waals surface area contributed by atoms with Gasteiger partial charge < -0.3 is 14.8 Å². The molecule has 4 aromatic rings. The Morgan fingerprint density at radius 3 is 2.89 bits per heavy atom. The molecule has 1 aliphatic heterocycles. The van der Waals surface area contributed by atoms with Crippen LogP contribution in [0.25, 0.3) is 15.9 Å². The van der Waals surface area contributed by atoms with Gasteiger partial charge in [-0.05, 0) is 48.3 Å². The number of anilines is 1. The second kappa shape index (κ2) is 8.67. The first-order chi connectivity index (χ1) is 16.9. The van der Waals surface area contributed by atoms with Crippen LogP contribution in [0, 0.1) is 11.3 Å². The zero-order valence-electron chi connectivity index (χ0n) is 20.0. The maximum atomic E-state index is 12.6. The summed E-state index contributed by atoms with van der Waals surface area (Å²) in [5, 5.41) is 13.6. The van der Waals surface area contributed by atoms with Crippen LogP contribution in [0.4, 0.5) is 5.69 Å². The fourth-order valence-corrected chi connectivity index (χ4v) is 6.81. The van der Waals surface area contributed by atoms with Gasteiger partial charge in [0.1, 0.15) is 24.4 Å². The molecule has 0 saturated carbocycles. The van der Waals surface area contributed by atoms with Crippen molar-refractivity contribution in [2.75, 3.05) is 24.3 Å². The van der Waals surface area contributed by atoms with E-state index in [0.717, 1.165) is 28.7 Å². The molecule has 0 saturated heterocycles. The molecule has 35 heavy (non-hydrogen) atoms. The molecule has 10 heteroatoms. The number of hydrogen-bond acceptors (Lipinski definition) is 8. The van der Waals surface area contributed by atoms with E-state index in [0.29, 0.717) is 46.9 Å². The van der Waals surface area contributed by atoms with E-state index >= 15 is 0 Å². The molecule has 0 bridgehead atoms. The number of nitrogens with one attached hydrogen (secondary N) is 1. The Morgan fingerprint density at radius 1 is 1.23 bits per heavy atom. The molecule has 8 nitrogen and oxygen atoms in total. The normalized spacial score (nSPS) is 17.5. The van der Waals surface area contributed by atoms with Gasteiger partial charge in [0.15, 0.2) is 22.3 Å². The highest BCUT2D eigenvalue weighted by Crippen LogP contribution is 2.43. The maximum Gasteiger partial charge on any atom is 0.234 e. The number of aryl methyl sites for hydroxylation is 1. The fraction of sp³-hybridized carbons (Fsp3) is 0.440. The van der Waals surface area contributed by atoms with Crippen molar-refractivity contribution in [3.8, 4) is 11.5 Å².